The Morgan fingerprint density at radius 2 is 1.95 bits per heavy atom. The maximum Gasteiger partial charge on any atom is 0.122 e. The fraction of sp³-hybridized carbons (Fsp3) is 0.333. The van der Waals surface area contributed by atoms with Crippen LogP contribution in [0, 0.1) is 13.8 Å². The molecule has 0 bridgehead atoms. The average Bonchev–Trinajstić information content (AvgIpc) is 2.52. The number of nitrogens with one attached hydrogen (secondary N) is 1. The standard InChI is InChI=1S/C18H22N2O/c1-12-7-8-14(11-13(12)2)18(20-19)16-9-10-21-17-6-4-3-5-15(16)17/h3-8,11,16,18,20H,9-10,19H2,1-2H3. The predicted molar refractivity (Wildman–Crippen MR) is 85.3 cm³/mol. The lowest BCUT2D eigenvalue weighted by atomic mass is 9.83. The Kier molecular flexibility index (Phi) is 3.95. The summed E-state index contributed by atoms with van der Waals surface area (Å²) in [4.78, 5) is 0. The van der Waals surface area contributed by atoms with Crippen LogP contribution < -0.4 is 16.0 Å². The second kappa shape index (κ2) is 5.88. The van der Waals surface area contributed by atoms with Crippen LogP contribution in [0.5, 0.6) is 5.75 Å². The SMILES string of the molecule is Cc1ccc(C(NN)C2CCOc3ccccc32)cc1C. The van der Waals surface area contributed by atoms with Gasteiger partial charge in [0.25, 0.3) is 0 Å². The summed E-state index contributed by atoms with van der Waals surface area (Å²) >= 11 is 0. The number of ether oxygens (including phenoxy) is 1. The normalized spacial score (nSPS) is 18.7. The number of rotatable bonds is 3. The highest BCUT2D eigenvalue weighted by molar-refractivity contribution is 5.41. The van der Waals surface area contributed by atoms with Crippen LogP contribution in [0.2, 0.25) is 0 Å². The maximum absolute atomic E-state index is 5.89. The first-order chi connectivity index (χ1) is 10.2. The molecule has 2 atom stereocenters. The Hall–Kier alpha value is -1.84. The third-order valence-electron chi connectivity index (χ3n) is 4.48. The third kappa shape index (κ3) is 2.67. The fourth-order valence-electron chi connectivity index (χ4n) is 3.12. The number of hydrazine groups is 1. The molecule has 1 aliphatic heterocycles. The fourth-order valence-corrected chi connectivity index (χ4v) is 3.12. The first-order valence-corrected chi connectivity index (χ1v) is 7.45. The lowest BCUT2D eigenvalue weighted by Crippen LogP contribution is -2.34. The van der Waals surface area contributed by atoms with Gasteiger partial charge in [-0.05, 0) is 48.6 Å². The smallest absolute Gasteiger partial charge is 0.122 e. The van der Waals surface area contributed by atoms with E-state index in [2.05, 4.69) is 49.6 Å². The number of para-hydroxylation sites is 1. The molecule has 110 valence electrons. The molecule has 2 aromatic rings. The molecular formula is C18H22N2O. The molecule has 21 heavy (non-hydrogen) atoms. The Bertz CT molecular complexity index is 639. The van der Waals surface area contributed by atoms with Crippen LogP contribution >= 0.6 is 0 Å². The number of hydrogen-bond donors (Lipinski definition) is 2. The van der Waals surface area contributed by atoms with Crippen molar-refractivity contribution in [3.8, 4) is 5.75 Å². The van der Waals surface area contributed by atoms with Gasteiger partial charge in [-0.25, -0.2) is 0 Å². The van der Waals surface area contributed by atoms with E-state index in [0.29, 0.717) is 5.92 Å². The van der Waals surface area contributed by atoms with E-state index in [4.69, 9.17) is 10.6 Å². The molecule has 2 unspecified atom stereocenters. The first kappa shape index (κ1) is 14.1. The highest BCUT2D eigenvalue weighted by Gasteiger charge is 2.29. The van der Waals surface area contributed by atoms with Crippen LogP contribution in [0.1, 0.15) is 40.6 Å². The molecule has 1 heterocycles. The van der Waals surface area contributed by atoms with Crippen molar-refractivity contribution in [2.24, 2.45) is 5.84 Å². The van der Waals surface area contributed by atoms with Crippen LogP contribution in [0.4, 0.5) is 0 Å². The van der Waals surface area contributed by atoms with Gasteiger partial charge in [0.05, 0.1) is 12.6 Å². The number of fused-ring (bicyclic) bond motifs is 1. The molecule has 3 N–H and O–H groups in total. The minimum Gasteiger partial charge on any atom is -0.493 e. The summed E-state index contributed by atoms with van der Waals surface area (Å²) in [5, 5.41) is 0. The molecule has 0 spiro atoms. The zero-order valence-electron chi connectivity index (χ0n) is 12.6. The Morgan fingerprint density at radius 1 is 1.14 bits per heavy atom. The second-order valence-electron chi connectivity index (χ2n) is 5.77. The molecule has 0 fully saturated rings. The highest BCUT2D eigenvalue weighted by atomic mass is 16.5. The zero-order valence-corrected chi connectivity index (χ0v) is 12.6. The van der Waals surface area contributed by atoms with Crippen LogP contribution in [-0.4, -0.2) is 6.61 Å². The van der Waals surface area contributed by atoms with E-state index < -0.39 is 0 Å². The van der Waals surface area contributed by atoms with Crippen molar-refractivity contribution in [2.75, 3.05) is 6.61 Å². The van der Waals surface area contributed by atoms with Crippen LogP contribution in [-0.2, 0) is 0 Å². The molecule has 0 aliphatic carbocycles. The van der Waals surface area contributed by atoms with E-state index in [9.17, 15) is 0 Å². The van der Waals surface area contributed by atoms with Crippen LogP contribution in [0.25, 0.3) is 0 Å². The minimum absolute atomic E-state index is 0.106. The van der Waals surface area contributed by atoms with Gasteiger partial charge in [0.1, 0.15) is 5.75 Å². The van der Waals surface area contributed by atoms with E-state index in [1.807, 2.05) is 12.1 Å². The Labute approximate surface area is 126 Å². The maximum atomic E-state index is 5.89. The van der Waals surface area contributed by atoms with Crippen molar-refractivity contribution < 1.29 is 4.74 Å². The number of benzene rings is 2. The first-order valence-electron chi connectivity index (χ1n) is 7.45. The van der Waals surface area contributed by atoms with E-state index in [-0.39, 0.29) is 6.04 Å². The van der Waals surface area contributed by atoms with Gasteiger partial charge < -0.3 is 4.74 Å². The summed E-state index contributed by atoms with van der Waals surface area (Å²) in [5.74, 6) is 7.21. The van der Waals surface area contributed by atoms with E-state index >= 15 is 0 Å². The Morgan fingerprint density at radius 3 is 2.71 bits per heavy atom. The molecule has 3 rings (SSSR count). The van der Waals surface area contributed by atoms with Crippen LogP contribution in [0.3, 0.4) is 0 Å². The van der Waals surface area contributed by atoms with Gasteiger partial charge in [-0.1, -0.05) is 36.4 Å². The van der Waals surface area contributed by atoms with Gasteiger partial charge in [0.15, 0.2) is 0 Å². The highest BCUT2D eigenvalue weighted by Crippen LogP contribution is 2.41. The van der Waals surface area contributed by atoms with Crippen molar-refractivity contribution in [3.63, 3.8) is 0 Å². The van der Waals surface area contributed by atoms with Crippen molar-refractivity contribution >= 4 is 0 Å². The molecule has 0 aromatic heterocycles. The van der Waals surface area contributed by atoms with Crippen molar-refractivity contribution in [1.29, 1.82) is 0 Å². The second-order valence-corrected chi connectivity index (χ2v) is 5.77. The molecule has 0 saturated heterocycles. The van der Waals surface area contributed by atoms with Gasteiger partial charge >= 0.3 is 0 Å². The summed E-state index contributed by atoms with van der Waals surface area (Å²) in [6.07, 6.45) is 0.971. The van der Waals surface area contributed by atoms with Gasteiger partial charge in [-0.2, -0.15) is 0 Å². The minimum atomic E-state index is 0.106. The van der Waals surface area contributed by atoms with Gasteiger partial charge in [0, 0.05) is 5.92 Å². The van der Waals surface area contributed by atoms with E-state index in [0.717, 1.165) is 18.8 Å². The summed E-state index contributed by atoms with van der Waals surface area (Å²) in [5.41, 5.74) is 8.11. The van der Waals surface area contributed by atoms with E-state index in [1.54, 1.807) is 0 Å². The number of nitrogens with two attached hydrogens (primary N) is 1. The van der Waals surface area contributed by atoms with Crippen molar-refractivity contribution in [3.05, 3.63) is 64.7 Å². The molecule has 0 amide bonds. The topological polar surface area (TPSA) is 47.3 Å². The number of aryl methyl sites for hydroxylation is 2. The molecular weight excluding hydrogens is 260 g/mol. The predicted octanol–water partition coefficient (Wildman–Crippen LogP) is 3.37. The molecule has 3 heteroatoms. The quantitative estimate of drug-likeness (QED) is 0.670. The average molecular weight is 282 g/mol. The molecule has 2 aromatic carbocycles. The molecule has 0 radical (unpaired) electrons. The van der Waals surface area contributed by atoms with Crippen molar-refractivity contribution in [2.45, 2.75) is 32.2 Å². The Balaban J connectivity index is 1.99. The van der Waals surface area contributed by atoms with Gasteiger partial charge in [0.2, 0.25) is 0 Å². The van der Waals surface area contributed by atoms with Gasteiger partial charge in [-0.3, -0.25) is 11.3 Å². The molecule has 0 saturated carbocycles. The largest absolute Gasteiger partial charge is 0.493 e. The van der Waals surface area contributed by atoms with Crippen molar-refractivity contribution in [1.82, 2.24) is 5.43 Å². The van der Waals surface area contributed by atoms with E-state index in [1.165, 1.54) is 22.3 Å². The van der Waals surface area contributed by atoms with Crippen LogP contribution in [0.15, 0.2) is 42.5 Å². The van der Waals surface area contributed by atoms with Gasteiger partial charge in [-0.15, -0.1) is 0 Å². The zero-order chi connectivity index (χ0) is 14.8. The summed E-state index contributed by atoms with van der Waals surface area (Å²) < 4.78 is 5.76. The summed E-state index contributed by atoms with van der Waals surface area (Å²) in [6, 6.07) is 14.9. The summed E-state index contributed by atoms with van der Waals surface area (Å²) in [7, 11) is 0. The lowest BCUT2D eigenvalue weighted by Gasteiger charge is -2.32. The molecule has 1 aliphatic rings. The third-order valence-corrected chi connectivity index (χ3v) is 4.48. The lowest BCUT2D eigenvalue weighted by molar-refractivity contribution is 0.246. The summed E-state index contributed by atoms with van der Waals surface area (Å²) in [6.45, 7) is 5.02. The number of hydrogen-bond acceptors (Lipinski definition) is 3. The monoisotopic (exact) mass is 282 g/mol. The molecule has 3 nitrogen and oxygen atoms in total.